The zero-order valence-electron chi connectivity index (χ0n) is 13.1. The highest BCUT2D eigenvalue weighted by molar-refractivity contribution is 5.92. The van der Waals surface area contributed by atoms with Gasteiger partial charge in [0, 0.05) is 45.6 Å². The third-order valence-electron chi connectivity index (χ3n) is 4.13. The van der Waals surface area contributed by atoms with Crippen molar-refractivity contribution >= 4 is 11.7 Å². The summed E-state index contributed by atoms with van der Waals surface area (Å²) in [7, 11) is 1.82. The zero-order chi connectivity index (χ0) is 17.3. The first-order chi connectivity index (χ1) is 11.4. The molecule has 128 valence electrons. The van der Waals surface area contributed by atoms with E-state index in [0.717, 1.165) is 12.3 Å². The van der Waals surface area contributed by atoms with Crippen LogP contribution in [-0.4, -0.2) is 46.5 Å². The normalized spacial score (nSPS) is 15.7. The summed E-state index contributed by atoms with van der Waals surface area (Å²) in [6, 6.07) is 5.99. The standard InChI is InChI=1S/C16H17F3N4O/c1-21-6-2-3-13(21)15(24)23-9-7-22(8-10-23)14-5-4-12(11-20-14)16(17,18)19/h2-6,11H,7-10H2,1H3. The SMILES string of the molecule is Cn1cccc1C(=O)N1CCN(c2ccc(C(F)(F)F)cn2)CC1. The van der Waals surface area contributed by atoms with Crippen LogP contribution in [0.25, 0.3) is 0 Å². The maximum absolute atomic E-state index is 12.6. The van der Waals surface area contributed by atoms with Crippen molar-refractivity contribution in [1.29, 1.82) is 0 Å². The molecule has 0 N–H and O–H groups in total. The fourth-order valence-corrected chi connectivity index (χ4v) is 2.72. The van der Waals surface area contributed by atoms with Gasteiger partial charge in [-0.2, -0.15) is 13.2 Å². The third kappa shape index (κ3) is 3.22. The molecular weight excluding hydrogens is 321 g/mol. The molecule has 0 saturated carbocycles. The lowest BCUT2D eigenvalue weighted by Gasteiger charge is -2.35. The van der Waals surface area contributed by atoms with E-state index in [-0.39, 0.29) is 5.91 Å². The topological polar surface area (TPSA) is 41.4 Å². The van der Waals surface area contributed by atoms with Gasteiger partial charge in [-0.15, -0.1) is 0 Å². The van der Waals surface area contributed by atoms with Crippen molar-refractivity contribution in [2.24, 2.45) is 7.05 Å². The number of carbonyl (C=O) groups is 1. The molecule has 0 aromatic carbocycles. The maximum Gasteiger partial charge on any atom is 0.417 e. The van der Waals surface area contributed by atoms with Gasteiger partial charge in [0.15, 0.2) is 0 Å². The van der Waals surface area contributed by atoms with Crippen LogP contribution in [-0.2, 0) is 13.2 Å². The van der Waals surface area contributed by atoms with Gasteiger partial charge >= 0.3 is 6.18 Å². The van der Waals surface area contributed by atoms with E-state index >= 15 is 0 Å². The average Bonchev–Trinajstić information content (AvgIpc) is 3.00. The van der Waals surface area contributed by atoms with Gasteiger partial charge in [0.2, 0.25) is 0 Å². The Bertz CT molecular complexity index is 716. The lowest BCUT2D eigenvalue weighted by atomic mass is 10.2. The fourth-order valence-electron chi connectivity index (χ4n) is 2.72. The first kappa shape index (κ1) is 16.4. The molecule has 0 aliphatic carbocycles. The van der Waals surface area contributed by atoms with Gasteiger partial charge in [-0.25, -0.2) is 4.98 Å². The van der Waals surface area contributed by atoms with Crippen molar-refractivity contribution in [1.82, 2.24) is 14.5 Å². The van der Waals surface area contributed by atoms with E-state index in [2.05, 4.69) is 4.98 Å². The van der Waals surface area contributed by atoms with Crippen molar-refractivity contribution in [3.8, 4) is 0 Å². The summed E-state index contributed by atoms with van der Waals surface area (Å²) in [5, 5.41) is 0. The molecular formula is C16H17F3N4O. The number of aryl methyl sites for hydroxylation is 1. The van der Waals surface area contributed by atoms with E-state index in [0.29, 0.717) is 37.7 Å². The fraction of sp³-hybridized carbons (Fsp3) is 0.375. The molecule has 0 bridgehead atoms. The monoisotopic (exact) mass is 338 g/mol. The van der Waals surface area contributed by atoms with Crippen LogP contribution < -0.4 is 4.90 Å². The van der Waals surface area contributed by atoms with Crippen LogP contribution in [0.2, 0.25) is 0 Å². The minimum Gasteiger partial charge on any atom is -0.353 e. The second-order valence-corrected chi connectivity index (χ2v) is 5.69. The second-order valence-electron chi connectivity index (χ2n) is 5.69. The summed E-state index contributed by atoms with van der Waals surface area (Å²) < 4.78 is 39.5. The quantitative estimate of drug-likeness (QED) is 0.844. The molecule has 1 aliphatic heterocycles. The van der Waals surface area contributed by atoms with E-state index in [1.54, 1.807) is 15.5 Å². The predicted octanol–water partition coefficient (Wildman–Crippen LogP) is 2.40. The lowest BCUT2D eigenvalue weighted by Crippen LogP contribution is -2.49. The number of hydrogen-bond acceptors (Lipinski definition) is 3. The highest BCUT2D eigenvalue weighted by Gasteiger charge is 2.31. The number of rotatable bonds is 2. The molecule has 1 aliphatic rings. The Labute approximate surface area is 137 Å². The van der Waals surface area contributed by atoms with Crippen LogP contribution in [0.15, 0.2) is 36.7 Å². The molecule has 2 aromatic rings. The first-order valence-electron chi connectivity index (χ1n) is 7.55. The largest absolute Gasteiger partial charge is 0.417 e. The predicted molar refractivity (Wildman–Crippen MR) is 82.8 cm³/mol. The molecule has 0 atom stereocenters. The van der Waals surface area contributed by atoms with Crippen LogP contribution in [0.3, 0.4) is 0 Å². The number of amides is 1. The van der Waals surface area contributed by atoms with E-state index in [9.17, 15) is 18.0 Å². The number of hydrogen-bond donors (Lipinski definition) is 0. The Morgan fingerprint density at radius 1 is 1.12 bits per heavy atom. The van der Waals surface area contributed by atoms with Crippen LogP contribution in [0.1, 0.15) is 16.1 Å². The minimum atomic E-state index is -4.38. The summed E-state index contributed by atoms with van der Waals surface area (Å²) in [5.41, 5.74) is -0.139. The molecule has 3 rings (SSSR count). The van der Waals surface area contributed by atoms with Crippen molar-refractivity contribution in [3.05, 3.63) is 47.9 Å². The highest BCUT2D eigenvalue weighted by Crippen LogP contribution is 2.29. The van der Waals surface area contributed by atoms with Crippen LogP contribution >= 0.6 is 0 Å². The molecule has 24 heavy (non-hydrogen) atoms. The first-order valence-corrected chi connectivity index (χ1v) is 7.55. The molecule has 2 aromatic heterocycles. The molecule has 0 spiro atoms. The van der Waals surface area contributed by atoms with Crippen molar-refractivity contribution in [2.75, 3.05) is 31.1 Å². The molecule has 1 saturated heterocycles. The van der Waals surface area contributed by atoms with Gasteiger partial charge in [-0.05, 0) is 24.3 Å². The minimum absolute atomic E-state index is 0.0393. The number of anilines is 1. The summed E-state index contributed by atoms with van der Waals surface area (Å²) >= 11 is 0. The average molecular weight is 338 g/mol. The molecule has 8 heteroatoms. The Morgan fingerprint density at radius 2 is 1.83 bits per heavy atom. The smallest absolute Gasteiger partial charge is 0.353 e. The van der Waals surface area contributed by atoms with Crippen LogP contribution in [0, 0.1) is 0 Å². The summed E-state index contributed by atoms with van der Waals surface area (Å²) in [6.45, 7) is 2.09. The van der Waals surface area contributed by atoms with Crippen molar-refractivity contribution in [3.63, 3.8) is 0 Å². The summed E-state index contributed by atoms with van der Waals surface area (Å²) in [5.74, 6) is 0.455. The van der Waals surface area contributed by atoms with Gasteiger partial charge < -0.3 is 14.4 Å². The lowest BCUT2D eigenvalue weighted by molar-refractivity contribution is -0.137. The van der Waals surface area contributed by atoms with Gasteiger partial charge in [-0.1, -0.05) is 0 Å². The number of carbonyl (C=O) groups excluding carboxylic acids is 1. The molecule has 0 unspecified atom stereocenters. The summed E-state index contributed by atoms with van der Waals surface area (Å²) in [6.07, 6.45) is -1.72. The number of pyridine rings is 1. The number of halogens is 3. The molecule has 3 heterocycles. The molecule has 5 nitrogen and oxygen atoms in total. The van der Waals surface area contributed by atoms with Gasteiger partial charge in [0.05, 0.1) is 5.56 Å². The van der Waals surface area contributed by atoms with Crippen LogP contribution in [0.4, 0.5) is 19.0 Å². The molecule has 1 fully saturated rings. The Morgan fingerprint density at radius 3 is 2.33 bits per heavy atom. The molecule has 1 amide bonds. The van der Waals surface area contributed by atoms with Gasteiger partial charge in [0.1, 0.15) is 11.5 Å². The zero-order valence-corrected chi connectivity index (χ0v) is 13.1. The molecule has 0 radical (unpaired) electrons. The van der Waals surface area contributed by atoms with E-state index in [1.165, 1.54) is 6.07 Å². The van der Waals surface area contributed by atoms with Gasteiger partial charge in [0.25, 0.3) is 5.91 Å². The van der Waals surface area contributed by atoms with E-state index < -0.39 is 11.7 Å². The van der Waals surface area contributed by atoms with Crippen LogP contribution in [0.5, 0.6) is 0 Å². The number of alkyl halides is 3. The van der Waals surface area contributed by atoms with Crippen molar-refractivity contribution in [2.45, 2.75) is 6.18 Å². The Kier molecular flexibility index (Phi) is 4.21. The number of aromatic nitrogens is 2. The Balaban J connectivity index is 1.63. The maximum atomic E-state index is 12.6. The van der Waals surface area contributed by atoms with Crippen molar-refractivity contribution < 1.29 is 18.0 Å². The highest BCUT2D eigenvalue weighted by atomic mass is 19.4. The Hall–Kier alpha value is -2.51. The van der Waals surface area contributed by atoms with E-state index in [4.69, 9.17) is 0 Å². The van der Waals surface area contributed by atoms with E-state index in [1.807, 2.05) is 24.2 Å². The summed E-state index contributed by atoms with van der Waals surface area (Å²) in [4.78, 5) is 20.0. The number of piperazine rings is 1. The van der Waals surface area contributed by atoms with Gasteiger partial charge in [-0.3, -0.25) is 4.79 Å². The second kappa shape index (κ2) is 6.18. The number of nitrogens with zero attached hydrogens (tertiary/aromatic N) is 4. The third-order valence-corrected chi connectivity index (χ3v) is 4.13.